The maximum Gasteiger partial charge on any atom is 0.417 e. The minimum absolute atomic E-state index is 0.0430. The van der Waals surface area contributed by atoms with E-state index in [1.807, 2.05) is 13.0 Å². The zero-order chi connectivity index (χ0) is 26.6. The largest absolute Gasteiger partial charge is 0.417 e. The molecule has 0 aliphatic rings. The Kier molecular flexibility index (Phi) is 7.31. The smallest absolute Gasteiger partial charge is 0.323 e. The van der Waals surface area contributed by atoms with Crippen LogP contribution >= 0.6 is 11.6 Å². The normalized spacial score (nSPS) is 11.0. The van der Waals surface area contributed by atoms with E-state index in [2.05, 4.69) is 42.0 Å². The molecule has 0 saturated heterocycles. The zero-order valence-corrected chi connectivity index (χ0v) is 20.0. The van der Waals surface area contributed by atoms with Crippen molar-refractivity contribution in [1.29, 1.82) is 0 Å². The summed E-state index contributed by atoms with van der Waals surface area (Å²) < 4.78 is 39.2. The van der Waals surface area contributed by atoms with Gasteiger partial charge in [0.1, 0.15) is 17.3 Å². The van der Waals surface area contributed by atoms with Crippen LogP contribution in [0.4, 0.5) is 41.0 Å². The Hall–Kier alpha value is -4.56. The van der Waals surface area contributed by atoms with Crippen LogP contribution in [0.25, 0.3) is 0 Å². The first-order chi connectivity index (χ1) is 17.6. The summed E-state index contributed by atoms with van der Waals surface area (Å²) in [5.41, 5.74) is 1.70. The predicted molar refractivity (Wildman–Crippen MR) is 135 cm³/mol. The number of hydrogen-bond acceptors (Lipinski definition) is 5. The van der Waals surface area contributed by atoms with Gasteiger partial charge in [-0.3, -0.25) is 5.10 Å². The van der Waals surface area contributed by atoms with Gasteiger partial charge in [0, 0.05) is 30.1 Å². The molecule has 0 aliphatic carbocycles. The van der Waals surface area contributed by atoms with Crippen LogP contribution in [-0.4, -0.2) is 26.2 Å². The Labute approximate surface area is 214 Å². The lowest BCUT2D eigenvalue weighted by atomic mass is 10.0. The van der Waals surface area contributed by atoms with Gasteiger partial charge in [0.25, 0.3) is 0 Å². The fourth-order valence-electron chi connectivity index (χ4n) is 3.40. The maximum atomic E-state index is 13.1. The number of nitrogens with one attached hydrogen (secondary N) is 4. The lowest BCUT2D eigenvalue weighted by Crippen LogP contribution is -2.20. The van der Waals surface area contributed by atoms with Crippen molar-refractivity contribution in [3.63, 3.8) is 0 Å². The second-order valence-corrected chi connectivity index (χ2v) is 8.29. The molecule has 0 spiro atoms. The van der Waals surface area contributed by atoms with Crippen LogP contribution in [0.3, 0.4) is 0 Å². The molecule has 0 aliphatic heterocycles. The van der Waals surface area contributed by atoms with E-state index in [4.69, 9.17) is 18.0 Å². The molecule has 0 atom stereocenters. The van der Waals surface area contributed by atoms with E-state index in [1.54, 1.807) is 30.5 Å². The Morgan fingerprint density at radius 1 is 1.08 bits per heavy atom. The molecule has 8 nitrogen and oxygen atoms in total. The quantitative estimate of drug-likeness (QED) is 0.226. The molecule has 12 heteroatoms. The standard InChI is InChI=1S/C25H19ClF3N7O/c1-3-16-13-23(36-35-16)34-21-8-9-30-22(33-21)11-15-4-5-17(10-14(15)2)31-24(37)32-18-6-7-20(26)19(12-18)25(27,28)29/h1,4-10,12-13H,11H2,2H3,(H2,31,32,37)(H2,30,33,34,35,36). The summed E-state index contributed by atoms with van der Waals surface area (Å²) in [4.78, 5) is 21.1. The fraction of sp³-hybridized carbons (Fsp3) is 0.120. The number of aryl methyl sites for hydroxylation is 1. The Morgan fingerprint density at radius 2 is 1.81 bits per heavy atom. The molecule has 0 bridgehead atoms. The SMILES string of the molecule is C#Cc1cc(Nc2ccnc(Cc3ccc(NC(=O)Nc4ccc(Cl)c(C(F)(F)F)c4)cc3C)n2)n[nH]1. The monoisotopic (exact) mass is 525 g/mol. The molecule has 0 unspecified atom stereocenters. The Balaban J connectivity index is 1.40. The van der Waals surface area contributed by atoms with E-state index >= 15 is 0 Å². The summed E-state index contributed by atoms with van der Waals surface area (Å²) in [6, 6.07) is 11.0. The summed E-state index contributed by atoms with van der Waals surface area (Å²) >= 11 is 5.62. The van der Waals surface area contributed by atoms with Crippen molar-refractivity contribution in [3.05, 3.63) is 88.0 Å². The molecule has 188 valence electrons. The number of rotatable bonds is 6. The van der Waals surface area contributed by atoms with Gasteiger partial charge in [-0.15, -0.1) is 6.42 Å². The number of terminal acetylenes is 1. The molecular formula is C25H19ClF3N7O. The number of H-pyrrole nitrogens is 1. The molecule has 2 amide bonds. The summed E-state index contributed by atoms with van der Waals surface area (Å²) in [7, 11) is 0. The number of nitrogens with zero attached hydrogens (tertiary/aromatic N) is 3. The van der Waals surface area contributed by atoms with Crippen LogP contribution < -0.4 is 16.0 Å². The number of amides is 2. The number of aromatic amines is 1. The highest BCUT2D eigenvalue weighted by atomic mass is 35.5. The first-order valence-electron chi connectivity index (χ1n) is 10.8. The van der Waals surface area contributed by atoms with Crippen LogP contribution in [0, 0.1) is 19.3 Å². The van der Waals surface area contributed by atoms with Gasteiger partial charge in [-0.1, -0.05) is 23.6 Å². The second-order valence-electron chi connectivity index (χ2n) is 7.88. The van der Waals surface area contributed by atoms with E-state index in [0.29, 0.717) is 35.3 Å². The maximum absolute atomic E-state index is 13.1. The number of carbonyl (C=O) groups excluding carboxylic acids is 1. The molecule has 2 aromatic carbocycles. The van der Waals surface area contributed by atoms with Gasteiger partial charge in [-0.2, -0.15) is 18.3 Å². The van der Waals surface area contributed by atoms with Crippen LogP contribution in [0.1, 0.15) is 28.2 Å². The van der Waals surface area contributed by atoms with E-state index in [1.165, 1.54) is 6.07 Å². The number of carbonyl (C=O) groups is 1. The van der Waals surface area contributed by atoms with Crippen molar-refractivity contribution in [2.45, 2.75) is 19.5 Å². The third-order valence-electron chi connectivity index (χ3n) is 5.17. The average molecular weight is 526 g/mol. The van der Waals surface area contributed by atoms with Crippen LogP contribution in [0.2, 0.25) is 5.02 Å². The second kappa shape index (κ2) is 10.6. The number of hydrogen-bond donors (Lipinski definition) is 4. The van der Waals surface area contributed by atoms with Crippen LogP contribution in [0.15, 0.2) is 54.7 Å². The molecular weight excluding hydrogens is 507 g/mol. The summed E-state index contributed by atoms with van der Waals surface area (Å²) in [5, 5.41) is 14.3. The van der Waals surface area contributed by atoms with Gasteiger partial charge < -0.3 is 16.0 Å². The number of halogens is 4. The third-order valence-corrected chi connectivity index (χ3v) is 5.50. The van der Waals surface area contributed by atoms with Gasteiger partial charge in [0.05, 0.1) is 10.6 Å². The highest BCUT2D eigenvalue weighted by Gasteiger charge is 2.33. The van der Waals surface area contributed by atoms with Crippen molar-refractivity contribution in [2.75, 3.05) is 16.0 Å². The van der Waals surface area contributed by atoms with Crippen LogP contribution in [-0.2, 0) is 12.6 Å². The van der Waals surface area contributed by atoms with Crippen LogP contribution in [0.5, 0.6) is 0 Å². The molecule has 4 aromatic rings. The van der Waals surface area contributed by atoms with Gasteiger partial charge in [0.2, 0.25) is 0 Å². The molecule has 2 heterocycles. The third kappa shape index (κ3) is 6.56. The number of benzene rings is 2. The van der Waals surface area contributed by atoms with Gasteiger partial charge in [-0.25, -0.2) is 14.8 Å². The van der Waals surface area contributed by atoms with E-state index < -0.39 is 22.8 Å². The first kappa shape index (κ1) is 25.5. The summed E-state index contributed by atoms with van der Waals surface area (Å²) in [6.45, 7) is 1.86. The number of aromatic nitrogens is 4. The number of alkyl halides is 3. The minimum atomic E-state index is -4.64. The van der Waals surface area contributed by atoms with Gasteiger partial charge in [-0.05, 0) is 54.4 Å². The lowest BCUT2D eigenvalue weighted by Gasteiger charge is -2.13. The summed E-state index contributed by atoms with van der Waals surface area (Å²) in [6.07, 6.45) is 2.74. The van der Waals surface area contributed by atoms with Crippen molar-refractivity contribution in [3.8, 4) is 12.3 Å². The van der Waals surface area contributed by atoms with E-state index in [9.17, 15) is 18.0 Å². The molecule has 37 heavy (non-hydrogen) atoms. The zero-order valence-electron chi connectivity index (χ0n) is 19.2. The molecule has 0 radical (unpaired) electrons. The van der Waals surface area contributed by atoms with Gasteiger partial charge in [0.15, 0.2) is 5.82 Å². The van der Waals surface area contributed by atoms with Crippen molar-refractivity contribution in [2.24, 2.45) is 0 Å². The Bertz CT molecular complexity index is 1490. The van der Waals surface area contributed by atoms with E-state index in [-0.39, 0.29) is 5.69 Å². The lowest BCUT2D eigenvalue weighted by molar-refractivity contribution is -0.137. The Morgan fingerprint density at radius 3 is 2.49 bits per heavy atom. The van der Waals surface area contributed by atoms with E-state index in [0.717, 1.165) is 23.3 Å². The number of anilines is 4. The highest BCUT2D eigenvalue weighted by Crippen LogP contribution is 2.36. The molecule has 4 rings (SSSR count). The van der Waals surface area contributed by atoms with Crippen molar-refractivity contribution < 1.29 is 18.0 Å². The minimum Gasteiger partial charge on any atom is -0.323 e. The average Bonchev–Trinajstić information content (AvgIpc) is 3.29. The highest BCUT2D eigenvalue weighted by molar-refractivity contribution is 6.31. The first-order valence-corrected chi connectivity index (χ1v) is 11.1. The van der Waals surface area contributed by atoms with Crippen molar-refractivity contribution in [1.82, 2.24) is 20.2 Å². The van der Waals surface area contributed by atoms with Gasteiger partial charge >= 0.3 is 12.2 Å². The molecule has 0 fully saturated rings. The molecule has 0 saturated carbocycles. The predicted octanol–water partition coefficient (Wildman–Crippen LogP) is 6.14. The summed E-state index contributed by atoms with van der Waals surface area (Å²) in [5.74, 6) is 4.08. The molecule has 2 aromatic heterocycles. The number of urea groups is 1. The molecule has 4 N–H and O–H groups in total. The topological polar surface area (TPSA) is 108 Å². The fourth-order valence-corrected chi connectivity index (χ4v) is 3.63. The van der Waals surface area contributed by atoms with Crippen molar-refractivity contribution >= 4 is 40.6 Å².